The number of fused-ring (bicyclic) bond motifs is 1. The molecule has 2 aromatic heterocycles. The van der Waals surface area contributed by atoms with E-state index >= 15 is 0 Å². The zero-order valence-electron chi connectivity index (χ0n) is 22.0. The van der Waals surface area contributed by atoms with Gasteiger partial charge in [-0.15, -0.1) is 5.10 Å². The van der Waals surface area contributed by atoms with Crippen LogP contribution in [0.4, 0.5) is 4.39 Å². The van der Waals surface area contributed by atoms with Crippen LogP contribution in [0.1, 0.15) is 62.0 Å². The maximum absolute atomic E-state index is 13.4. The smallest absolute Gasteiger partial charge is 0.252 e. The maximum atomic E-state index is 13.4. The number of benzene rings is 2. The van der Waals surface area contributed by atoms with E-state index in [0.717, 1.165) is 48.9 Å². The first-order valence-corrected chi connectivity index (χ1v) is 13.0. The number of hydrogen-bond donors (Lipinski definition) is 1. The van der Waals surface area contributed by atoms with E-state index in [2.05, 4.69) is 32.3 Å². The molecule has 1 aliphatic rings. The standard InChI is InChI=1S/C28H33FN6O3/c1-4-24(27-31-32-33-35(27)16-18-9-11-21(29)12-10-18)34(22-7-5-6-8-22)17-20-13-19-14-25(37-2)26(38-3)15-23(19)30-28(20)36/h9-15,22,24H,4-8,16-17H2,1-3H3,(H,30,36). The summed E-state index contributed by atoms with van der Waals surface area (Å²) in [6, 6.07) is 12.2. The number of rotatable bonds is 10. The van der Waals surface area contributed by atoms with Gasteiger partial charge in [-0.25, -0.2) is 9.07 Å². The lowest BCUT2D eigenvalue weighted by Crippen LogP contribution is -2.39. The molecule has 0 aliphatic heterocycles. The SMILES string of the molecule is CCC(c1nnnn1Cc1ccc(F)cc1)N(Cc1cc2cc(OC)c(OC)cc2[nH]c1=O)C1CCCC1. The second kappa shape index (κ2) is 11.3. The Morgan fingerprint density at radius 3 is 2.50 bits per heavy atom. The zero-order valence-corrected chi connectivity index (χ0v) is 22.0. The van der Waals surface area contributed by atoms with Gasteiger partial charge in [0.25, 0.3) is 5.56 Å². The number of pyridine rings is 1. The van der Waals surface area contributed by atoms with Crippen LogP contribution in [-0.4, -0.2) is 50.4 Å². The van der Waals surface area contributed by atoms with Gasteiger partial charge in [-0.3, -0.25) is 9.69 Å². The fraction of sp³-hybridized carbons (Fsp3) is 0.429. The Labute approximate surface area is 220 Å². The molecule has 1 fully saturated rings. The summed E-state index contributed by atoms with van der Waals surface area (Å²) in [6.07, 6.45) is 5.21. The average molecular weight is 521 g/mol. The second-order valence-corrected chi connectivity index (χ2v) is 9.77. The fourth-order valence-electron chi connectivity index (χ4n) is 5.51. The Hall–Kier alpha value is -3.79. The molecule has 0 radical (unpaired) electrons. The van der Waals surface area contributed by atoms with Gasteiger partial charge in [0.05, 0.1) is 32.3 Å². The molecule has 10 heteroatoms. The number of nitrogens with zero attached hydrogens (tertiary/aromatic N) is 5. The van der Waals surface area contributed by atoms with Crippen LogP contribution in [0.2, 0.25) is 0 Å². The molecule has 1 atom stereocenters. The van der Waals surface area contributed by atoms with Crippen molar-refractivity contribution in [2.75, 3.05) is 14.2 Å². The Bertz CT molecular complexity index is 1450. The predicted molar refractivity (Wildman–Crippen MR) is 142 cm³/mol. The topological polar surface area (TPSA) is 98.2 Å². The third-order valence-corrected chi connectivity index (χ3v) is 7.46. The molecule has 2 heterocycles. The fourth-order valence-corrected chi connectivity index (χ4v) is 5.51. The maximum Gasteiger partial charge on any atom is 0.252 e. The number of halogens is 1. The molecule has 9 nitrogen and oxygen atoms in total. The van der Waals surface area contributed by atoms with Gasteiger partial charge in [0.15, 0.2) is 17.3 Å². The molecular formula is C28H33FN6O3. The summed E-state index contributed by atoms with van der Waals surface area (Å²) >= 11 is 0. The van der Waals surface area contributed by atoms with Crippen molar-refractivity contribution in [3.63, 3.8) is 0 Å². The minimum atomic E-state index is -0.277. The summed E-state index contributed by atoms with van der Waals surface area (Å²) in [6.45, 7) is 3.02. The molecule has 0 amide bonds. The van der Waals surface area contributed by atoms with Gasteiger partial charge in [0.1, 0.15) is 5.82 Å². The first-order valence-electron chi connectivity index (χ1n) is 13.0. The van der Waals surface area contributed by atoms with E-state index < -0.39 is 0 Å². The molecule has 38 heavy (non-hydrogen) atoms. The molecule has 0 saturated heterocycles. The first-order chi connectivity index (χ1) is 18.5. The van der Waals surface area contributed by atoms with Gasteiger partial charge < -0.3 is 14.5 Å². The van der Waals surface area contributed by atoms with E-state index in [1.54, 1.807) is 37.1 Å². The number of methoxy groups -OCH3 is 2. The summed E-state index contributed by atoms with van der Waals surface area (Å²) in [5.41, 5.74) is 2.15. The van der Waals surface area contributed by atoms with Crippen LogP contribution in [0.5, 0.6) is 11.5 Å². The minimum absolute atomic E-state index is 0.0888. The summed E-state index contributed by atoms with van der Waals surface area (Å²) in [4.78, 5) is 18.7. The largest absolute Gasteiger partial charge is 0.493 e. The van der Waals surface area contributed by atoms with Gasteiger partial charge in [0, 0.05) is 29.6 Å². The molecule has 2 aromatic carbocycles. The van der Waals surface area contributed by atoms with Crippen molar-refractivity contribution in [3.8, 4) is 11.5 Å². The van der Waals surface area contributed by atoms with Crippen molar-refractivity contribution < 1.29 is 13.9 Å². The van der Waals surface area contributed by atoms with Crippen molar-refractivity contribution >= 4 is 10.9 Å². The Morgan fingerprint density at radius 1 is 1.11 bits per heavy atom. The Balaban J connectivity index is 1.50. The number of aromatic amines is 1. The van der Waals surface area contributed by atoms with Gasteiger partial charge in [0.2, 0.25) is 0 Å². The molecule has 1 saturated carbocycles. The highest BCUT2D eigenvalue weighted by Crippen LogP contribution is 2.35. The molecule has 1 N–H and O–H groups in total. The van der Waals surface area contributed by atoms with Crippen LogP contribution in [0.3, 0.4) is 0 Å². The lowest BCUT2D eigenvalue weighted by molar-refractivity contribution is 0.112. The van der Waals surface area contributed by atoms with Crippen LogP contribution in [-0.2, 0) is 13.1 Å². The van der Waals surface area contributed by atoms with Gasteiger partial charge in [-0.1, -0.05) is 31.9 Å². The Kier molecular flexibility index (Phi) is 7.69. The van der Waals surface area contributed by atoms with Crippen LogP contribution in [0, 0.1) is 5.82 Å². The van der Waals surface area contributed by atoms with Crippen molar-refractivity contribution in [1.29, 1.82) is 0 Å². The van der Waals surface area contributed by atoms with E-state index in [-0.39, 0.29) is 17.4 Å². The number of tetrazole rings is 1. The molecule has 1 aliphatic carbocycles. The van der Waals surface area contributed by atoms with Crippen LogP contribution in [0.25, 0.3) is 10.9 Å². The number of aromatic nitrogens is 5. The molecule has 0 bridgehead atoms. The third kappa shape index (κ3) is 5.26. The van der Waals surface area contributed by atoms with Crippen molar-refractivity contribution in [2.45, 2.75) is 64.2 Å². The summed E-state index contributed by atoms with van der Waals surface area (Å²) in [5, 5.41) is 13.5. The molecule has 5 rings (SSSR count). The van der Waals surface area contributed by atoms with Gasteiger partial charge in [-0.2, -0.15) is 0 Å². The molecular weight excluding hydrogens is 487 g/mol. The monoisotopic (exact) mass is 520 g/mol. The number of hydrogen-bond acceptors (Lipinski definition) is 7. The van der Waals surface area contributed by atoms with E-state index in [1.165, 1.54) is 12.1 Å². The van der Waals surface area contributed by atoms with Crippen molar-refractivity contribution in [2.24, 2.45) is 0 Å². The molecule has 0 spiro atoms. The van der Waals surface area contributed by atoms with Crippen molar-refractivity contribution in [1.82, 2.24) is 30.1 Å². The highest BCUT2D eigenvalue weighted by Gasteiger charge is 2.32. The first kappa shape index (κ1) is 25.8. The lowest BCUT2D eigenvalue weighted by atomic mass is 10.0. The quantitative estimate of drug-likeness (QED) is 0.326. The average Bonchev–Trinajstić information content (AvgIpc) is 3.62. The molecule has 200 valence electrons. The minimum Gasteiger partial charge on any atom is -0.493 e. The second-order valence-electron chi connectivity index (χ2n) is 9.77. The predicted octanol–water partition coefficient (Wildman–Crippen LogP) is 4.62. The molecule has 4 aromatic rings. The summed E-state index contributed by atoms with van der Waals surface area (Å²) in [7, 11) is 3.17. The van der Waals surface area contributed by atoms with E-state index in [4.69, 9.17) is 9.47 Å². The Morgan fingerprint density at radius 2 is 1.82 bits per heavy atom. The van der Waals surface area contributed by atoms with Crippen LogP contribution in [0.15, 0.2) is 47.3 Å². The highest BCUT2D eigenvalue weighted by atomic mass is 19.1. The van der Waals surface area contributed by atoms with E-state index in [0.29, 0.717) is 41.7 Å². The number of H-pyrrole nitrogens is 1. The normalized spacial score (nSPS) is 14.9. The summed E-state index contributed by atoms with van der Waals surface area (Å²) < 4.78 is 26.1. The van der Waals surface area contributed by atoms with E-state index in [9.17, 15) is 9.18 Å². The van der Waals surface area contributed by atoms with Crippen molar-refractivity contribution in [3.05, 3.63) is 75.6 Å². The van der Waals surface area contributed by atoms with Gasteiger partial charge >= 0.3 is 0 Å². The van der Waals surface area contributed by atoms with Gasteiger partial charge in [-0.05, 0) is 59.5 Å². The molecule has 1 unspecified atom stereocenters. The summed E-state index contributed by atoms with van der Waals surface area (Å²) in [5.74, 6) is 1.64. The lowest BCUT2D eigenvalue weighted by Gasteiger charge is -2.35. The van der Waals surface area contributed by atoms with Crippen LogP contribution >= 0.6 is 0 Å². The zero-order chi connectivity index (χ0) is 26.6. The third-order valence-electron chi connectivity index (χ3n) is 7.46. The van der Waals surface area contributed by atoms with E-state index in [1.807, 2.05) is 12.1 Å². The number of ether oxygens (including phenoxy) is 2. The number of nitrogens with one attached hydrogen (secondary N) is 1. The van der Waals surface area contributed by atoms with Crippen LogP contribution < -0.4 is 15.0 Å². The highest BCUT2D eigenvalue weighted by molar-refractivity contribution is 5.83.